The van der Waals surface area contributed by atoms with Gasteiger partial charge < -0.3 is 9.05 Å². The van der Waals surface area contributed by atoms with Crippen LogP contribution < -0.4 is 9.05 Å². The van der Waals surface area contributed by atoms with Crippen molar-refractivity contribution in [3.63, 3.8) is 0 Å². The molecule has 1 fully saturated rings. The smallest absolute Gasteiger partial charge is 0.417 e. The summed E-state index contributed by atoms with van der Waals surface area (Å²) >= 11 is 0. The van der Waals surface area contributed by atoms with Crippen molar-refractivity contribution in [3.05, 3.63) is 82.9 Å². The second-order valence-corrected chi connectivity index (χ2v) is 14.4. The van der Waals surface area contributed by atoms with Gasteiger partial charge in [0.05, 0.1) is 6.10 Å². The lowest BCUT2D eigenvalue weighted by atomic mass is 9.94. The van der Waals surface area contributed by atoms with Gasteiger partial charge in [-0.3, -0.25) is 4.52 Å². The summed E-state index contributed by atoms with van der Waals surface area (Å²) in [7, 11) is -1.66. The van der Waals surface area contributed by atoms with Crippen LogP contribution in [-0.2, 0) is 4.52 Å². The van der Waals surface area contributed by atoms with Crippen LogP contribution in [0.1, 0.15) is 133 Å². The molecule has 0 aliphatic heterocycles. The Morgan fingerprint density at radius 3 is 1.38 bits per heavy atom. The van der Waals surface area contributed by atoms with Crippen molar-refractivity contribution >= 4 is 30.1 Å². The fourth-order valence-corrected chi connectivity index (χ4v) is 7.13. The zero-order chi connectivity index (χ0) is 30.0. The van der Waals surface area contributed by atoms with Crippen LogP contribution in [-0.4, -0.2) is 6.10 Å². The Labute approximate surface area is 255 Å². The van der Waals surface area contributed by atoms with Gasteiger partial charge in [0.2, 0.25) is 0 Å². The van der Waals surface area contributed by atoms with E-state index in [1.807, 2.05) is 0 Å². The molecule has 0 spiro atoms. The Kier molecular flexibility index (Phi) is 9.81. The van der Waals surface area contributed by atoms with E-state index in [-0.39, 0.29) is 6.10 Å². The van der Waals surface area contributed by atoms with Crippen molar-refractivity contribution in [1.82, 2.24) is 0 Å². The lowest BCUT2D eigenvalue weighted by Crippen LogP contribution is -2.17. The minimum Gasteiger partial charge on any atom is -0.417 e. The molecule has 1 saturated carbocycles. The van der Waals surface area contributed by atoms with Gasteiger partial charge in [0.1, 0.15) is 11.5 Å². The molecule has 5 rings (SSSR count). The minimum atomic E-state index is -1.66. The molecular formula is C38H49O3P. The van der Waals surface area contributed by atoms with E-state index in [4.69, 9.17) is 13.6 Å². The van der Waals surface area contributed by atoms with E-state index >= 15 is 0 Å². The Morgan fingerprint density at radius 1 is 0.524 bits per heavy atom. The molecule has 0 heterocycles. The predicted molar refractivity (Wildman–Crippen MR) is 180 cm³/mol. The topological polar surface area (TPSA) is 27.7 Å². The summed E-state index contributed by atoms with van der Waals surface area (Å²) in [4.78, 5) is 0. The quantitative estimate of drug-likeness (QED) is 0.174. The molecule has 1 aliphatic carbocycles. The van der Waals surface area contributed by atoms with E-state index in [0.717, 1.165) is 24.3 Å². The highest BCUT2D eigenvalue weighted by atomic mass is 31.2. The average molecular weight is 585 g/mol. The lowest BCUT2D eigenvalue weighted by molar-refractivity contribution is 0.138. The maximum atomic E-state index is 6.82. The Bertz CT molecular complexity index is 1410. The second kappa shape index (κ2) is 13.4. The molecule has 3 nitrogen and oxygen atoms in total. The number of benzene rings is 4. The molecule has 0 radical (unpaired) electrons. The molecule has 4 heteroatoms. The third-order valence-corrected chi connectivity index (χ3v) is 9.86. The molecule has 0 N–H and O–H groups in total. The van der Waals surface area contributed by atoms with Gasteiger partial charge in [0.25, 0.3) is 0 Å². The highest BCUT2D eigenvalue weighted by Crippen LogP contribution is 2.49. The summed E-state index contributed by atoms with van der Waals surface area (Å²) in [5.41, 5.74) is 5.09. The summed E-state index contributed by atoms with van der Waals surface area (Å²) in [5.74, 6) is 3.33. The molecule has 0 atom stereocenters. The van der Waals surface area contributed by atoms with Crippen LogP contribution in [0.3, 0.4) is 0 Å². The van der Waals surface area contributed by atoms with Crippen molar-refractivity contribution in [2.24, 2.45) is 0 Å². The van der Waals surface area contributed by atoms with Crippen LogP contribution in [0.5, 0.6) is 11.5 Å². The van der Waals surface area contributed by atoms with Crippen LogP contribution in [0, 0.1) is 0 Å². The van der Waals surface area contributed by atoms with Crippen molar-refractivity contribution in [1.29, 1.82) is 0 Å². The summed E-state index contributed by atoms with van der Waals surface area (Å²) in [6.45, 7) is 17.9. The van der Waals surface area contributed by atoms with Crippen LogP contribution in [0.15, 0.2) is 60.7 Å². The molecular weight excluding hydrogens is 535 g/mol. The summed E-state index contributed by atoms with van der Waals surface area (Å²) in [6, 6.07) is 22.5. The summed E-state index contributed by atoms with van der Waals surface area (Å²) < 4.78 is 20.3. The van der Waals surface area contributed by atoms with Gasteiger partial charge in [-0.25, -0.2) is 0 Å². The zero-order valence-corrected chi connectivity index (χ0v) is 27.8. The monoisotopic (exact) mass is 584 g/mol. The number of rotatable bonds is 10. The van der Waals surface area contributed by atoms with Gasteiger partial charge in [-0.15, -0.1) is 0 Å². The van der Waals surface area contributed by atoms with Gasteiger partial charge in [-0.2, -0.15) is 0 Å². The molecule has 1 aliphatic rings. The molecule has 0 amide bonds. The van der Waals surface area contributed by atoms with Crippen molar-refractivity contribution in [3.8, 4) is 11.5 Å². The van der Waals surface area contributed by atoms with Crippen molar-refractivity contribution in [2.75, 3.05) is 0 Å². The lowest BCUT2D eigenvalue weighted by Gasteiger charge is -2.28. The van der Waals surface area contributed by atoms with E-state index in [1.54, 1.807) is 0 Å². The predicted octanol–water partition coefficient (Wildman–Crippen LogP) is 12.5. The number of fused-ring (bicyclic) bond motifs is 2. The molecule has 0 saturated heterocycles. The van der Waals surface area contributed by atoms with Crippen LogP contribution in [0.25, 0.3) is 21.5 Å². The number of hydrogen-bond acceptors (Lipinski definition) is 3. The molecule has 4 aromatic carbocycles. The summed E-state index contributed by atoms with van der Waals surface area (Å²) in [5, 5.41) is 4.88. The van der Waals surface area contributed by atoms with E-state index in [0.29, 0.717) is 23.7 Å². The van der Waals surface area contributed by atoms with Crippen molar-refractivity contribution in [2.45, 2.75) is 117 Å². The first kappa shape index (κ1) is 30.8. The maximum Gasteiger partial charge on any atom is 0.463 e. The molecule has 0 unspecified atom stereocenters. The third-order valence-electron chi connectivity index (χ3n) is 8.70. The number of hydrogen-bond donors (Lipinski definition) is 0. The van der Waals surface area contributed by atoms with Gasteiger partial charge in [0, 0.05) is 0 Å². The van der Waals surface area contributed by atoms with E-state index in [9.17, 15) is 0 Å². The van der Waals surface area contributed by atoms with Gasteiger partial charge in [-0.1, -0.05) is 111 Å². The average Bonchev–Trinajstić information content (AvgIpc) is 2.96. The normalized spacial score (nSPS) is 14.8. The minimum absolute atomic E-state index is 0.165. The maximum absolute atomic E-state index is 6.82. The first-order valence-electron chi connectivity index (χ1n) is 16.1. The first-order chi connectivity index (χ1) is 20.1. The largest absolute Gasteiger partial charge is 0.463 e. The molecule has 42 heavy (non-hydrogen) atoms. The van der Waals surface area contributed by atoms with E-state index < -0.39 is 8.60 Å². The first-order valence-corrected chi connectivity index (χ1v) is 17.2. The van der Waals surface area contributed by atoms with Crippen LogP contribution in [0.2, 0.25) is 0 Å². The zero-order valence-electron chi connectivity index (χ0n) is 26.9. The Morgan fingerprint density at radius 2 is 0.976 bits per heavy atom. The van der Waals surface area contributed by atoms with Gasteiger partial charge in [-0.05, 0) is 105 Å². The van der Waals surface area contributed by atoms with Crippen molar-refractivity contribution < 1.29 is 13.6 Å². The molecule has 0 bridgehead atoms. The van der Waals surface area contributed by atoms with Gasteiger partial charge in [0.15, 0.2) is 0 Å². The standard InChI is InChI=1S/C38H49O3P/c1-24(2)28-14-16-30-22-37(35(26(5)6)20-32(30)18-28)40-42(39-34-12-10-9-11-13-34)41-38-23-31-17-15-29(25(3)4)19-33(31)21-36(38)27(7)8/h14-27,34H,9-13H2,1-8H3. The van der Waals surface area contributed by atoms with E-state index in [1.165, 1.54) is 63.1 Å². The van der Waals surface area contributed by atoms with Gasteiger partial charge >= 0.3 is 8.60 Å². The highest BCUT2D eigenvalue weighted by molar-refractivity contribution is 7.42. The molecule has 0 aromatic heterocycles. The Hall–Kier alpha value is -2.61. The van der Waals surface area contributed by atoms with Crippen LogP contribution >= 0.6 is 8.60 Å². The third kappa shape index (κ3) is 7.12. The summed E-state index contributed by atoms with van der Waals surface area (Å²) in [6.07, 6.45) is 5.96. The van der Waals surface area contributed by atoms with E-state index in [2.05, 4.69) is 116 Å². The second-order valence-electron chi connectivity index (χ2n) is 13.4. The fraction of sp³-hybridized carbons (Fsp3) is 0.474. The Balaban J connectivity index is 1.54. The highest BCUT2D eigenvalue weighted by Gasteiger charge is 2.28. The van der Waals surface area contributed by atoms with Crippen LogP contribution in [0.4, 0.5) is 0 Å². The molecule has 4 aromatic rings. The molecule has 224 valence electrons. The SMILES string of the molecule is CC(C)c1ccc2cc(OP(Oc3cc4ccc(C(C)C)cc4cc3C(C)C)OC3CCCCC3)c(C(C)C)cc2c1. The fourth-order valence-electron chi connectivity index (χ4n) is 5.92.